The molecule has 2 aromatic carbocycles. The number of nitrogens with one attached hydrogen (secondary N) is 1. The molecular weight excluding hydrogens is 378 g/mol. The second-order valence-corrected chi connectivity index (χ2v) is 7.14. The lowest BCUT2D eigenvalue weighted by Crippen LogP contribution is -2.39. The number of amides is 2. The Labute approximate surface area is 167 Å². The molecule has 1 aliphatic heterocycles. The Morgan fingerprint density at radius 1 is 1.18 bits per heavy atom. The van der Waals surface area contributed by atoms with Crippen molar-refractivity contribution < 1.29 is 14.3 Å². The number of rotatable bonds is 5. The lowest BCUT2D eigenvalue weighted by Gasteiger charge is -2.20. The Balaban J connectivity index is 1.34. The number of hydrogen-bond acceptors (Lipinski definition) is 3. The molecule has 0 atom stereocenters. The van der Waals surface area contributed by atoms with E-state index < -0.39 is 0 Å². The number of hydrogen-bond donors (Lipinski definition) is 1. The Morgan fingerprint density at radius 3 is 2.93 bits per heavy atom. The van der Waals surface area contributed by atoms with Crippen LogP contribution in [0.1, 0.15) is 5.56 Å². The summed E-state index contributed by atoms with van der Waals surface area (Å²) in [4.78, 5) is 26.3. The number of para-hydroxylation sites is 1. The van der Waals surface area contributed by atoms with Crippen LogP contribution in [0.2, 0.25) is 5.02 Å². The molecule has 3 aromatic rings. The topological polar surface area (TPSA) is 63.6 Å². The Morgan fingerprint density at radius 2 is 2.04 bits per heavy atom. The first-order valence-electron chi connectivity index (χ1n) is 9.10. The van der Waals surface area contributed by atoms with Crippen molar-refractivity contribution >= 4 is 34.3 Å². The molecule has 0 aliphatic carbocycles. The molecule has 144 valence electrons. The summed E-state index contributed by atoms with van der Waals surface area (Å²) in [5.74, 6) is 0.463. The van der Waals surface area contributed by atoms with Crippen LogP contribution in [0, 0.1) is 0 Å². The maximum absolute atomic E-state index is 12.3. The average molecular weight is 398 g/mol. The highest BCUT2D eigenvalue weighted by Crippen LogP contribution is 2.26. The first kappa shape index (κ1) is 18.4. The van der Waals surface area contributed by atoms with Crippen molar-refractivity contribution in [3.63, 3.8) is 0 Å². The van der Waals surface area contributed by atoms with E-state index in [-0.39, 0.29) is 25.0 Å². The number of carbonyl (C=O) groups excluding carboxylic acids is 2. The number of aromatic nitrogens is 1. The number of carbonyl (C=O) groups is 2. The lowest BCUT2D eigenvalue weighted by molar-refractivity contribution is -0.133. The van der Waals surface area contributed by atoms with Crippen LogP contribution >= 0.6 is 11.6 Å². The number of nitrogens with zero attached hydrogens (tertiary/aromatic N) is 2. The van der Waals surface area contributed by atoms with Gasteiger partial charge in [0.25, 0.3) is 5.91 Å². The monoisotopic (exact) mass is 397 g/mol. The summed E-state index contributed by atoms with van der Waals surface area (Å²) in [6.45, 7) is 1.42. The standard InChI is InChI=1S/C21H20ClN3O3/c22-17-5-6-19-16(11-17)12-25(21(27)14-28-19)10-8-23-20(26)13-24-9-7-15-3-1-2-4-18(15)24/h1-7,9,11H,8,10,12-14H2,(H,23,26). The fourth-order valence-electron chi connectivity index (χ4n) is 3.36. The molecule has 6 nitrogen and oxygen atoms in total. The Bertz CT molecular complexity index is 1030. The van der Waals surface area contributed by atoms with E-state index in [1.807, 2.05) is 41.1 Å². The summed E-state index contributed by atoms with van der Waals surface area (Å²) < 4.78 is 7.45. The molecule has 1 N–H and O–H groups in total. The summed E-state index contributed by atoms with van der Waals surface area (Å²) in [5, 5.41) is 4.59. The van der Waals surface area contributed by atoms with Gasteiger partial charge < -0.3 is 19.5 Å². The van der Waals surface area contributed by atoms with E-state index in [2.05, 4.69) is 5.32 Å². The van der Waals surface area contributed by atoms with Crippen molar-refractivity contribution in [2.75, 3.05) is 19.7 Å². The summed E-state index contributed by atoms with van der Waals surface area (Å²) in [6, 6.07) is 15.2. The predicted octanol–water partition coefficient (Wildman–Crippen LogP) is 2.83. The van der Waals surface area contributed by atoms with Gasteiger partial charge in [-0.05, 0) is 35.7 Å². The number of ether oxygens (including phenoxy) is 1. The molecular formula is C21H20ClN3O3. The SMILES string of the molecule is O=C(Cn1ccc2ccccc21)NCCN1Cc2cc(Cl)ccc2OCC1=O. The highest BCUT2D eigenvalue weighted by atomic mass is 35.5. The Kier molecular flexibility index (Phi) is 5.21. The fraction of sp³-hybridized carbons (Fsp3) is 0.238. The minimum absolute atomic E-state index is 0.0159. The van der Waals surface area contributed by atoms with Crippen molar-refractivity contribution in [2.45, 2.75) is 13.1 Å². The molecule has 2 amide bonds. The van der Waals surface area contributed by atoms with Gasteiger partial charge in [-0.3, -0.25) is 9.59 Å². The molecule has 0 radical (unpaired) electrons. The van der Waals surface area contributed by atoms with Crippen LogP contribution in [0.4, 0.5) is 0 Å². The predicted molar refractivity (Wildman–Crippen MR) is 107 cm³/mol. The van der Waals surface area contributed by atoms with E-state index in [1.54, 1.807) is 23.1 Å². The summed E-state index contributed by atoms with van der Waals surface area (Å²) in [7, 11) is 0. The smallest absolute Gasteiger partial charge is 0.260 e. The zero-order chi connectivity index (χ0) is 19.5. The number of benzene rings is 2. The highest BCUT2D eigenvalue weighted by molar-refractivity contribution is 6.30. The minimum atomic E-state index is -0.113. The molecule has 4 rings (SSSR count). The van der Waals surface area contributed by atoms with Crippen LogP contribution in [-0.4, -0.2) is 41.0 Å². The Hall–Kier alpha value is -2.99. The van der Waals surface area contributed by atoms with Gasteiger partial charge in [-0.15, -0.1) is 0 Å². The first-order valence-corrected chi connectivity index (χ1v) is 9.47. The molecule has 1 aromatic heterocycles. The van der Waals surface area contributed by atoms with E-state index in [0.29, 0.717) is 30.4 Å². The van der Waals surface area contributed by atoms with E-state index in [4.69, 9.17) is 16.3 Å². The lowest BCUT2D eigenvalue weighted by atomic mass is 10.2. The molecule has 0 fully saturated rings. The second-order valence-electron chi connectivity index (χ2n) is 6.71. The average Bonchev–Trinajstić information content (AvgIpc) is 3.02. The molecule has 7 heteroatoms. The van der Waals surface area contributed by atoms with Crippen LogP contribution in [-0.2, 0) is 22.7 Å². The van der Waals surface area contributed by atoms with Crippen LogP contribution in [0.25, 0.3) is 10.9 Å². The summed E-state index contributed by atoms with van der Waals surface area (Å²) >= 11 is 6.05. The third-order valence-electron chi connectivity index (χ3n) is 4.79. The molecule has 0 unspecified atom stereocenters. The minimum Gasteiger partial charge on any atom is -0.483 e. The highest BCUT2D eigenvalue weighted by Gasteiger charge is 2.21. The number of halogens is 1. The molecule has 1 aliphatic rings. The van der Waals surface area contributed by atoms with Crippen molar-refractivity contribution in [3.05, 3.63) is 65.3 Å². The quantitative estimate of drug-likeness (QED) is 0.720. The maximum atomic E-state index is 12.3. The van der Waals surface area contributed by atoms with Gasteiger partial charge in [0.2, 0.25) is 5.91 Å². The van der Waals surface area contributed by atoms with Crippen LogP contribution < -0.4 is 10.1 Å². The number of fused-ring (bicyclic) bond motifs is 2. The molecule has 0 bridgehead atoms. The molecule has 0 spiro atoms. The molecule has 0 saturated carbocycles. The van der Waals surface area contributed by atoms with Gasteiger partial charge in [0, 0.05) is 41.9 Å². The zero-order valence-electron chi connectivity index (χ0n) is 15.2. The summed E-state index contributed by atoms with van der Waals surface area (Å²) in [6.07, 6.45) is 1.90. The first-order chi connectivity index (χ1) is 13.6. The van der Waals surface area contributed by atoms with Crippen molar-refractivity contribution in [3.8, 4) is 5.75 Å². The van der Waals surface area contributed by atoms with Gasteiger partial charge in [0.05, 0.1) is 0 Å². The van der Waals surface area contributed by atoms with Gasteiger partial charge in [0.15, 0.2) is 6.61 Å². The molecule has 0 saturated heterocycles. The van der Waals surface area contributed by atoms with Gasteiger partial charge in [0.1, 0.15) is 12.3 Å². The third kappa shape index (κ3) is 3.97. The molecule has 2 heterocycles. The largest absolute Gasteiger partial charge is 0.483 e. The van der Waals surface area contributed by atoms with Crippen molar-refractivity contribution in [1.29, 1.82) is 0 Å². The van der Waals surface area contributed by atoms with Gasteiger partial charge in [-0.2, -0.15) is 0 Å². The normalized spacial score (nSPS) is 13.8. The fourth-order valence-corrected chi connectivity index (χ4v) is 3.55. The van der Waals surface area contributed by atoms with E-state index >= 15 is 0 Å². The van der Waals surface area contributed by atoms with E-state index in [9.17, 15) is 9.59 Å². The van der Waals surface area contributed by atoms with Crippen LogP contribution in [0.15, 0.2) is 54.7 Å². The summed E-state index contributed by atoms with van der Waals surface area (Å²) in [5.41, 5.74) is 1.88. The molecule has 28 heavy (non-hydrogen) atoms. The van der Waals surface area contributed by atoms with E-state index in [1.165, 1.54) is 0 Å². The second kappa shape index (κ2) is 7.94. The van der Waals surface area contributed by atoms with Crippen LogP contribution in [0.3, 0.4) is 0 Å². The third-order valence-corrected chi connectivity index (χ3v) is 5.02. The van der Waals surface area contributed by atoms with Gasteiger partial charge in [-0.25, -0.2) is 0 Å². The maximum Gasteiger partial charge on any atom is 0.260 e. The van der Waals surface area contributed by atoms with Crippen molar-refractivity contribution in [1.82, 2.24) is 14.8 Å². The van der Waals surface area contributed by atoms with Crippen molar-refractivity contribution in [2.24, 2.45) is 0 Å². The van der Waals surface area contributed by atoms with Gasteiger partial charge in [-0.1, -0.05) is 29.8 Å². The van der Waals surface area contributed by atoms with Gasteiger partial charge >= 0.3 is 0 Å². The van der Waals surface area contributed by atoms with E-state index in [0.717, 1.165) is 16.5 Å². The van der Waals surface area contributed by atoms with Crippen LogP contribution in [0.5, 0.6) is 5.75 Å². The zero-order valence-corrected chi connectivity index (χ0v) is 16.0.